The number of anilines is 1. The molecule has 6 nitrogen and oxygen atoms in total. The van der Waals surface area contributed by atoms with Crippen molar-refractivity contribution in [3.8, 4) is 10.4 Å². The van der Waals surface area contributed by atoms with Crippen molar-refractivity contribution in [2.45, 2.75) is 25.9 Å². The van der Waals surface area contributed by atoms with Crippen molar-refractivity contribution in [3.63, 3.8) is 0 Å². The fourth-order valence-corrected chi connectivity index (χ4v) is 4.99. The molecular formula is C28H25N5OS. The van der Waals surface area contributed by atoms with Crippen molar-refractivity contribution < 1.29 is 4.79 Å². The second-order valence-corrected chi connectivity index (χ2v) is 9.38. The number of hydrogen-bond acceptors (Lipinski definition) is 6. The first-order valence-corrected chi connectivity index (χ1v) is 12.2. The van der Waals surface area contributed by atoms with Crippen molar-refractivity contribution >= 4 is 34.2 Å². The van der Waals surface area contributed by atoms with Crippen LogP contribution in [0.25, 0.3) is 16.5 Å². The zero-order valence-electron chi connectivity index (χ0n) is 19.3. The predicted molar refractivity (Wildman–Crippen MR) is 143 cm³/mol. The molecule has 0 bridgehead atoms. The Bertz CT molecular complexity index is 1410. The molecular weight excluding hydrogens is 454 g/mol. The van der Waals surface area contributed by atoms with E-state index >= 15 is 0 Å². The number of carbonyl (C=O) groups is 1. The summed E-state index contributed by atoms with van der Waals surface area (Å²) in [7, 11) is 0. The summed E-state index contributed by atoms with van der Waals surface area (Å²) in [6, 6.07) is 21.3. The number of pyridine rings is 1. The molecule has 4 aromatic rings. The molecule has 2 aromatic heterocycles. The lowest BCUT2D eigenvalue weighted by Crippen LogP contribution is -2.37. The highest BCUT2D eigenvalue weighted by molar-refractivity contribution is 7.19. The van der Waals surface area contributed by atoms with Crippen LogP contribution in [0, 0.1) is 6.92 Å². The molecule has 3 N–H and O–H groups in total. The lowest BCUT2D eigenvalue weighted by atomic mass is 10.0. The number of aliphatic imine (C=N–C) groups is 1. The number of aromatic nitrogens is 2. The van der Waals surface area contributed by atoms with Gasteiger partial charge in [-0.2, -0.15) is 0 Å². The number of nitrogens with one attached hydrogen (secondary N) is 1. The van der Waals surface area contributed by atoms with Gasteiger partial charge in [-0.3, -0.25) is 14.8 Å². The zero-order valence-corrected chi connectivity index (χ0v) is 20.1. The molecule has 35 heavy (non-hydrogen) atoms. The van der Waals surface area contributed by atoms with Gasteiger partial charge in [0.15, 0.2) is 5.13 Å². The summed E-state index contributed by atoms with van der Waals surface area (Å²) in [5, 5.41) is 3.45. The number of rotatable bonds is 7. The molecule has 3 heterocycles. The summed E-state index contributed by atoms with van der Waals surface area (Å²) in [6.07, 6.45) is 6.25. The molecule has 5 rings (SSSR count). The lowest BCUT2D eigenvalue weighted by molar-refractivity contribution is -0.117. The van der Waals surface area contributed by atoms with Gasteiger partial charge in [0.1, 0.15) is 0 Å². The highest BCUT2D eigenvalue weighted by atomic mass is 32.1. The van der Waals surface area contributed by atoms with E-state index in [1.165, 1.54) is 16.9 Å². The minimum atomic E-state index is -0.639. The van der Waals surface area contributed by atoms with Crippen LogP contribution in [0.5, 0.6) is 0 Å². The van der Waals surface area contributed by atoms with Crippen molar-refractivity contribution in [1.82, 2.24) is 9.97 Å². The number of amides is 1. The minimum absolute atomic E-state index is 0.235. The van der Waals surface area contributed by atoms with Gasteiger partial charge in [-0.1, -0.05) is 59.9 Å². The Hall–Kier alpha value is -3.94. The van der Waals surface area contributed by atoms with Crippen LogP contribution in [0.1, 0.15) is 28.1 Å². The maximum atomic E-state index is 12.6. The van der Waals surface area contributed by atoms with Crippen molar-refractivity contribution in [1.29, 1.82) is 0 Å². The van der Waals surface area contributed by atoms with Crippen molar-refractivity contribution in [2.24, 2.45) is 10.7 Å². The van der Waals surface area contributed by atoms with Gasteiger partial charge in [-0.05, 0) is 60.4 Å². The van der Waals surface area contributed by atoms with Crippen LogP contribution in [0.15, 0.2) is 84.0 Å². The summed E-state index contributed by atoms with van der Waals surface area (Å²) in [4.78, 5) is 27.3. The third-order valence-electron chi connectivity index (χ3n) is 5.82. The normalized spacial score (nSPS) is 13.5. The quantitative estimate of drug-likeness (QED) is 0.388. The van der Waals surface area contributed by atoms with E-state index in [9.17, 15) is 4.79 Å². The third kappa shape index (κ3) is 5.26. The standard InChI is InChI=1S/C28H25N5OS/c1-18-26(35-28(32-18)33-27(34)24(29)15-19-7-3-2-4-8-19)20-10-12-23-21(16-20)17-31-25(23)13-11-22-9-5-6-14-30-22/h2-14,16,24H,15,17,29H2,1H3,(H,32,33,34)/b13-11+. The molecule has 2 aromatic carbocycles. The van der Waals surface area contributed by atoms with Crippen LogP contribution in [-0.2, 0) is 17.8 Å². The summed E-state index contributed by atoms with van der Waals surface area (Å²) in [5.74, 6) is -0.235. The number of nitrogens with zero attached hydrogens (tertiary/aromatic N) is 3. The van der Waals surface area contributed by atoms with E-state index in [2.05, 4.69) is 33.5 Å². The monoisotopic (exact) mass is 479 g/mol. The maximum Gasteiger partial charge on any atom is 0.243 e. The number of aryl methyl sites for hydroxylation is 1. The van der Waals surface area contributed by atoms with Gasteiger partial charge < -0.3 is 11.1 Å². The Kier molecular flexibility index (Phi) is 6.61. The number of benzene rings is 2. The van der Waals surface area contributed by atoms with E-state index in [4.69, 9.17) is 10.7 Å². The fourth-order valence-electron chi connectivity index (χ4n) is 4.03. The topological polar surface area (TPSA) is 93.3 Å². The van der Waals surface area contributed by atoms with Gasteiger partial charge in [-0.15, -0.1) is 0 Å². The second-order valence-electron chi connectivity index (χ2n) is 8.38. The molecule has 174 valence electrons. The molecule has 0 radical (unpaired) electrons. The number of thiazole rings is 1. The van der Waals surface area contributed by atoms with E-state index in [1.807, 2.05) is 67.6 Å². The zero-order chi connectivity index (χ0) is 24.2. The number of carbonyl (C=O) groups excluding carboxylic acids is 1. The first-order chi connectivity index (χ1) is 17.1. The number of hydrogen-bond donors (Lipinski definition) is 2. The largest absolute Gasteiger partial charge is 0.320 e. The molecule has 1 aliphatic heterocycles. The molecule has 0 spiro atoms. The van der Waals surface area contributed by atoms with E-state index in [1.54, 1.807) is 6.20 Å². The summed E-state index contributed by atoms with van der Waals surface area (Å²) in [5.41, 5.74) is 13.3. The number of fused-ring (bicyclic) bond motifs is 1. The maximum absolute atomic E-state index is 12.6. The molecule has 7 heteroatoms. The molecule has 1 atom stereocenters. The van der Waals surface area contributed by atoms with Crippen molar-refractivity contribution in [2.75, 3.05) is 5.32 Å². The van der Waals surface area contributed by atoms with E-state index in [0.717, 1.165) is 38.7 Å². The summed E-state index contributed by atoms with van der Waals surface area (Å²) in [6.45, 7) is 2.59. The number of allylic oxidation sites excluding steroid dienone is 1. The van der Waals surface area contributed by atoms with Crippen molar-refractivity contribution in [3.05, 3.63) is 107 Å². The van der Waals surface area contributed by atoms with E-state index in [0.29, 0.717) is 18.1 Å². The molecule has 0 saturated carbocycles. The Labute approximate surface area is 208 Å². The van der Waals surface area contributed by atoms with Crippen LogP contribution in [0.4, 0.5) is 5.13 Å². The van der Waals surface area contributed by atoms with E-state index < -0.39 is 6.04 Å². The minimum Gasteiger partial charge on any atom is -0.320 e. The molecule has 0 saturated heterocycles. The predicted octanol–water partition coefficient (Wildman–Crippen LogP) is 5.04. The Morgan fingerprint density at radius 3 is 2.74 bits per heavy atom. The average Bonchev–Trinajstić information content (AvgIpc) is 3.46. The second kappa shape index (κ2) is 10.1. The highest BCUT2D eigenvalue weighted by Gasteiger charge is 2.19. The lowest BCUT2D eigenvalue weighted by Gasteiger charge is -2.10. The molecule has 0 aliphatic carbocycles. The molecule has 1 aliphatic rings. The van der Waals surface area contributed by atoms with Gasteiger partial charge in [0.25, 0.3) is 0 Å². The smallest absolute Gasteiger partial charge is 0.243 e. The Morgan fingerprint density at radius 2 is 1.94 bits per heavy atom. The third-order valence-corrected chi connectivity index (χ3v) is 6.95. The van der Waals surface area contributed by atoms with Gasteiger partial charge in [0, 0.05) is 11.8 Å². The average molecular weight is 480 g/mol. The molecule has 1 unspecified atom stereocenters. The first kappa shape index (κ1) is 22.8. The molecule has 1 amide bonds. The van der Waals surface area contributed by atoms with Crippen LogP contribution in [0.2, 0.25) is 0 Å². The summed E-state index contributed by atoms with van der Waals surface area (Å²) < 4.78 is 0. The van der Waals surface area contributed by atoms with Crippen LogP contribution < -0.4 is 11.1 Å². The molecule has 0 fully saturated rings. The Morgan fingerprint density at radius 1 is 1.11 bits per heavy atom. The van der Waals surface area contributed by atoms with E-state index in [-0.39, 0.29) is 5.91 Å². The van der Waals surface area contributed by atoms with Gasteiger partial charge in [0.2, 0.25) is 5.91 Å². The fraction of sp³-hybridized carbons (Fsp3) is 0.143. The van der Waals surface area contributed by atoms with Gasteiger partial charge in [0.05, 0.1) is 34.6 Å². The van der Waals surface area contributed by atoms with Crippen LogP contribution in [0.3, 0.4) is 0 Å². The number of nitrogens with two attached hydrogens (primary N) is 1. The van der Waals surface area contributed by atoms with Gasteiger partial charge >= 0.3 is 0 Å². The summed E-state index contributed by atoms with van der Waals surface area (Å²) >= 11 is 1.46. The highest BCUT2D eigenvalue weighted by Crippen LogP contribution is 2.35. The SMILES string of the molecule is Cc1nc(NC(=O)C(N)Cc2ccccc2)sc1-c1ccc2c(c1)CN=C2/C=C/c1ccccn1. The first-order valence-electron chi connectivity index (χ1n) is 11.4. The van der Waals surface area contributed by atoms with Gasteiger partial charge in [-0.25, -0.2) is 4.98 Å². The van der Waals surface area contributed by atoms with Crippen LogP contribution >= 0.6 is 11.3 Å². The van der Waals surface area contributed by atoms with Crippen LogP contribution in [-0.4, -0.2) is 27.6 Å². The Balaban J connectivity index is 1.28.